The molecule has 0 aliphatic carbocycles. The van der Waals surface area contributed by atoms with Crippen molar-refractivity contribution >= 4 is 17.2 Å². The van der Waals surface area contributed by atoms with Crippen molar-refractivity contribution in [2.75, 3.05) is 52.6 Å². The summed E-state index contributed by atoms with van der Waals surface area (Å²) in [6.07, 6.45) is 2.02. The van der Waals surface area contributed by atoms with Crippen LogP contribution in [0.1, 0.15) is 17.7 Å². The van der Waals surface area contributed by atoms with Gasteiger partial charge in [-0.15, -0.1) is 11.3 Å². The zero-order valence-corrected chi connectivity index (χ0v) is 14.9. The van der Waals surface area contributed by atoms with Crippen LogP contribution in [0.2, 0.25) is 0 Å². The summed E-state index contributed by atoms with van der Waals surface area (Å²) in [6, 6.07) is 4.30. The van der Waals surface area contributed by atoms with Crippen molar-refractivity contribution < 1.29 is 14.3 Å². The summed E-state index contributed by atoms with van der Waals surface area (Å²) in [5.41, 5.74) is 0.102. The molecule has 3 saturated heterocycles. The second-order valence-corrected chi connectivity index (χ2v) is 8.25. The predicted molar refractivity (Wildman–Crippen MR) is 93.0 cm³/mol. The fraction of sp³-hybridized carbons (Fsp3) is 0.722. The highest BCUT2D eigenvalue weighted by Crippen LogP contribution is 2.45. The summed E-state index contributed by atoms with van der Waals surface area (Å²) in [6.45, 7) is 7.29. The van der Waals surface area contributed by atoms with Crippen LogP contribution in [0.5, 0.6) is 0 Å². The molecule has 1 aromatic heterocycles. The Morgan fingerprint density at radius 3 is 2.67 bits per heavy atom. The molecule has 6 heteroatoms. The monoisotopic (exact) mass is 350 g/mol. The Morgan fingerprint density at radius 2 is 1.96 bits per heavy atom. The Labute approximate surface area is 147 Å². The molecule has 3 aliphatic rings. The molecule has 0 N–H and O–H groups in total. The zero-order chi connectivity index (χ0) is 16.4. The van der Waals surface area contributed by atoms with Crippen LogP contribution in [0.3, 0.4) is 0 Å². The highest BCUT2D eigenvalue weighted by atomic mass is 32.1. The van der Waals surface area contributed by atoms with E-state index in [9.17, 15) is 4.79 Å². The van der Waals surface area contributed by atoms with E-state index in [0.717, 1.165) is 58.8 Å². The minimum Gasteiger partial charge on any atom is -0.381 e. The van der Waals surface area contributed by atoms with E-state index in [-0.39, 0.29) is 11.3 Å². The number of hydrogen-bond acceptors (Lipinski definition) is 5. The quantitative estimate of drug-likeness (QED) is 0.834. The number of carbonyl (C=O) groups is 1. The molecule has 4 rings (SSSR count). The van der Waals surface area contributed by atoms with Crippen LogP contribution in [0.15, 0.2) is 17.5 Å². The number of rotatable bonds is 3. The van der Waals surface area contributed by atoms with Gasteiger partial charge in [-0.05, 0) is 24.3 Å². The highest BCUT2D eigenvalue weighted by Gasteiger charge is 2.51. The van der Waals surface area contributed by atoms with E-state index in [4.69, 9.17) is 9.47 Å². The number of amides is 1. The van der Waals surface area contributed by atoms with Gasteiger partial charge in [-0.3, -0.25) is 9.69 Å². The highest BCUT2D eigenvalue weighted by molar-refractivity contribution is 7.09. The Morgan fingerprint density at radius 1 is 1.21 bits per heavy atom. The summed E-state index contributed by atoms with van der Waals surface area (Å²) in [5, 5.41) is 2.13. The maximum absolute atomic E-state index is 13.2. The SMILES string of the molecule is O=C(C1CN(Cc2cccs2)CC12CCOCC2)N1CCOCC1. The van der Waals surface area contributed by atoms with Crippen LogP contribution in [-0.4, -0.2) is 68.3 Å². The molecule has 5 nitrogen and oxygen atoms in total. The normalized spacial score (nSPS) is 27.7. The number of likely N-dealkylation sites (tertiary alicyclic amines) is 1. The molecule has 132 valence electrons. The minimum atomic E-state index is 0.102. The van der Waals surface area contributed by atoms with Crippen LogP contribution >= 0.6 is 11.3 Å². The average Bonchev–Trinajstić information content (AvgIpc) is 3.24. The second kappa shape index (κ2) is 7.12. The van der Waals surface area contributed by atoms with Gasteiger partial charge in [-0.1, -0.05) is 6.07 Å². The maximum atomic E-state index is 13.2. The molecular formula is C18H26N2O3S. The third-order valence-electron chi connectivity index (χ3n) is 5.79. The molecule has 1 amide bonds. The summed E-state index contributed by atoms with van der Waals surface area (Å²) in [7, 11) is 0. The molecule has 3 fully saturated rings. The summed E-state index contributed by atoms with van der Waals surface area (Å²) in [4.78, 5) is 19.1. The van der Waals surface area contributed by atoms with E-state index in [2.05, 4.69) is 22.4 Å². The van der Waals surface area contributed by atoms with Gasteiger partial charge in [0.15, 0.2) is 0 Å². The Hall–Kier alpha value is -0.950. The van der Waals surface area contributed by atoms with Crippen molar-refractivity contribution in [3.05, 3.63) is 22.4 Å². The van der Waals surface area contributed by atoms with Crippen molar-refractivity contribution in [1.29, 1.82) is 0 Å². The maximum Gasteiger partial charge on any atom is 0.227 e. The average molecular weight is 350 g/mol. The van der Waals surface area contributed by atoms with Crippen molar-refractivity contribution in [2.24, 2.45) is 11.3 Å². The van der Waals surface area contributed by atoms with E-state index in [1.54, 1.807) is 11.3 Å². The lowest BCUT2D eigenvalue weighted by Gasteiger charge is -2.40. The van der Waals surface area contributed by atoms with Crippen LogP contribution in [0.4, 0.5) is 0 Å². The molecule has 1 unspecified atom stereocenters. The molecule has 0 radical (unpaired) electrons. The third kappa shape index (κ3) is 3.25. The first kappa shape index (κ1) is 16.5. The summed E-state index contributed by atoms with van der Waals surface area (Å²) in [5.74, 6) is 0.452. The number of hydrogen-bond donors (Lipinski definition) is 0. The fourth-order valence-electron chi connectivity index (χ4n) is 4.44. The number of thiophene rings is 1. The van der Waals surface area contributed by atoms with Crippen LogP contribution in [-0.2, 0) is 20.8 Å². The van der Waals surface area contributed by atoms with Gasteiger partial charge in [0.1, 0.15) is 0 Å². The number of carbonyl (C=O) groups excluding carboxylic acids is 1. The van der Waals surface area contributed by atoms with Crippen LogP contribution < -0.4 is 0 Å². The van der Waals surface area contributed by atoms with Gasteiger partial charge < -0.3 is 14.4 Å². The van der Waals surface area contributed by atoms with E-state index in [1.165, 1.54) is 4.88 Å². The number of nitrogens with zero attached hydrogens (tertiary/aromatic N) is 2. The Balaban J connectivity index is 1.51. The molecule has 0 saturated carbocycles. The number of ether oxygens (including phenoxy) is 2. The molecule has 0 bridgehead atoms. The minimum absolute atomic E-state index is 0.102. The first-order valence-electron chi connectivity index (χ1n) is 8.96. The standard InChI is InChI=1S/C18H26N2O3S/c21-17(20-5-9-23-10-6-20)16-13-19(12-15-2-1-11-24-15)14-18(16)3-7-22-8-4-18/h1-2,11,16H,3-10,12-14H2. The summed E-state index contributed by atoms with van der Waals surface area (Å²) >= 11 is 1.80. The molecule has 4 heterocycles. The van der Waals surface area contributed by atoms with Crippen molar-refractivity contribution in [1.82, 2.24) is 9.80 Å². The van der Waals surface area contributed by atoms with Gasteiger partial charge in [0, 0.05) is 56.2 Å². The topological polar surface area (TPSA) is 42.0 Å². The molecule has 1 atom stereocenters. The van der Waals surface area contributed by atoms with Crippen LogP contribution in [0.25, 0.3) is 0 Å². The molecule has 1 aromatic rings. The second-order valence-electron chi connectivity index (χ2n) is 7.21. The molecule has 3 aliphatic heterocycles. The first-order valence-corrected chi connectivity index (χ1v) is 9.84. The van der Waals surface area contributed by atoms with Crippen molar-refractivity contribution in [3.63, 3.8) is 0 Å². The third-order valence-corrected chi connectivity index (χ3v) is 6.65. The number of morpholine rings is 1. The van der Waals surface area contributed by atoms with Crippen molar-refractivity contribution in [2.45, 2.75) is 19.4 Å². The van der Waals surface area contributed by atoms with Gasteiger partial charge >= 0.3 is 0 Å². The smallest absolute Gasteiger partial charge is 0.227 e. The molecular weight excluding hydrogens is 324 g/mol. The molecule has 0 aromatic carbocycles. The van der Waals surface area contributed by atoms with Gasteiger partial charge in [-0.2, -0.15) is 0 Å². The van der Waals surface area contributed by atoms with Crippen molar-refractivity contribution in [3.8, 4) is 0 Å². The lowest BCUT2D eigenvalue weighted by molar-refractivity contribution is -0.144. The molecule has 1 spiro atoms. The Bertz CT molecular complexity index is 551. The van der Waals surface area contributed by atoms with Crippen LogP contribution in [0, 0.1) is 11.3 Å². The Kier molecular flexibility index (Phi) is 4.90. The lowest BCUT2D eigenvalue weighted by atomic mass is 9.71. The van der Waals surface area contributed by atoms with E-state index >= 15 is 0 Å². The van der Waals surface area contributed by atoms with Gasteiger partial charge in [0.2, 0.25) is 5.91 Å². The van der Waals surface area contributed by atoms with E-state index < -0.39 is 0 Å². The first-order chi connectivity index (χ1) is 11.8. The van der Waals surface area contributed by atoms with Gasteiger partial charge in [0.05, 0.1) is 19.1 Å². The summed E-state index contributed by atoms with van der Waals surface area (Å²) < 4.78 is 11.0. The van der Waals surface area contributed by atoms with E-state index in [1.807, 2.05) is 4.90 Å². The molecule has 24 heavy (non-hydrogen) atoms. The largest absolute Gasteiger partial charge is 0.381 e. The van der Waals surface area contributed by atoms with E-state index in [0.29, 0.717) is 19.1 Å². The van der Waals surface area contributed by atoms with Gasteiger partial charge in [-0.25, -0.2) is 0 Å². The lowest BCUT2D eigenvalue weighted by Crippen LogP contribution is -2.49. The van der Waals surface area contributed by atoms with Gasteiger partial charge in [0.25, 0.3) is 0 Å². The predicted octanol–water partition coefficient (Wildman–Crippen LogP) is 1.84. The zero-order valence-electron chi connectivity index (χ0n) is 14.1. The fourth-order valence-corrected chi connectivity index (χ4v) is 5.19.